The number of aromatic hydroxyl groups is 1. The zero-order chi connectivity index (χ0) is 39.2. The molecule has 0 bridgehead atoms. The van der Waals surface area contributed by atoms with Crippen LogP contribution in [0.15, 0.2) is 84.9 Å². The van der Waals surface area contributed by atoms with Gasteiger partial charge in [0.05, 0.1) is 11.8 Å². The van der Waals surface area contributed by atoms with Gasteiger partial charge in [0.15, 0.2) is 0 Å². The van der Waals surface area contributed by atoms with Crippen molar-refractivity contribution in [3.8, 4) is 5.75 Å². The van der Waals surface area contributed by atoms with Crippen LogP contribution in [-0.2, 0) is 52.8 Å². The standard InChI is InChI=1S/C39H45N5O10/c1-40-35(49)30(20-23-8-4-2-5-9-23)43-36(50)29(18-19-33(46)47)41-37(51)32(21-24-10-6-3-7-11-24)44-38(52)31(22-25-12-14-26(45)15-13-25)42-34(48)27-16-17-28(27)39(53)54/h2-15,27-32,45H,16-22H2,1H3,(H,40,49)(H,41,51)(H,42,48)(H,43,50)(H,44,52)(H,46,47)(H,53,54)/t27?,28?,29-,30-,31-,32-/m0/s1. The van der Waals surface area contributed by atoms with Gasteiger partial charge in [-0.25, -0.2) is 0 Å². The Labute approximate surface area is 311 Å². The summed E-state index contributed by atoms with van der Waals surface area (Å²) in [6.07, 6.45) is -0.235. The van der Waals surface area contributed by atoms with Crippen LogP contribution in [0.2, 0.25) is 0 Å². The van der Waals surface area contributed by atoms with Gasteiger partial charge in [0.2, 0.25) is 29.5 Å². The van der Waals surface area contributed by atoms with Crippen LogP contribution in [0.4, 0.5) is 0 Å². The summed E-state index contributed by atoms with van der Waals surface area (Å²) in [4.78, 5) is 90.9. The van der Waals surface area contributed by atoms with Gasteiger partial charge in [0.25, 0.3) is 0 Å². The molecule has 8 N–H and O–H groups in total. The topological polar surface area (TPSA) is 240 Å². The number of aliphatic carboxylic acids is 2. The van der Waals surface area contributed by atoms with Crippen LogP contribution in [0.1, 0.15) is 42.4 Å². The molecule has 1 saturated carbocycles. The van der Waals surface area contributed by atoms with Crippen LogP contribution < -0.4 is 26.6 Å². The van der Waals surface area contributed by atoms with E-state index < -0.39 is 83.9 Å². The molecule has 0 spiro atoms. The number of amides is 5. The van der Waals surface area contributed by atoms with Crippen molar-refractivity contribution in [1.29, 1.82) is 0 Å². The zero-order valence-corrected chi connectivity index (χ0v) is 29.7. The molecule has 0 radical (unpaired) electrons. The van der Waals surface area contributed by atoms with Crippen molar-refractivity contribution >= 4 is 41.5 Å². The normalized spacial score (nSPS) is 16.9. The Morgan fingerprint density at radius 3 is 1.44 bits per heavy atom. The molecule has 15 heteroatoms. The van der Waals surface area contributed by atoms with E-state index in [9.17, 15) is 48.9 Å². The Kier molecular flexibility index (Phi) is 14.7. The number of phenols is 1. The van der Waals surface area contributed by atoms with Gasteiger partial charge in [0.1, 0.15) is 29.9 Å². The lowest BCUT2D eigenvalue weighted by molar-refractivity contribution is -0.153. The predicted molar refractivity (Wildman–Crippen MR) is 195 cm³/mol. The number of carbonyl (C=O) groups excluding carboxylic acids is 5. The Bertz CT molecular complexity index is 1790. The molecule has 286 valence electrons. The van der Waals surface area contributed by atoms with Gasteiger partial charge in [-0.15, -0.1) is 0 Å². The third-order valence-electron chi connectivity index (χ3n) is 9.30. The number of benzene rings is 3. The van der Waals surface area contributed by atoms with Crippen molar-refractivity contribution in [2.45, 2.75) is 69.1 Å². The monoisotopic (exact) mass is 743 g/mol. The molecule has 3 aromatic carbocycles. The van der Waals surface area contributed by atoms with Crippen molar-refractivity contribution in [3.05, 3.63) is 102 Å². The van der Waals surface area contributed by atoms with E-state index in [1.165, 1.54) is 19.2 Å². The summed E-state index contributed by atoms with van der Waals surface area (Å²) >= 11 is 0. The first-order valence-corrected chi connectivity index (χ1v) is 17.6. The Morgan fingerprint density at radius 2 is 1.00 bits per heavy atom. The van der Waals surface area contributed by atoms with Gasteiger partial charge < -0.3 is 41.9 Å². The SMILES string of the molecule is CNC(=O)[C@H](Cc1ccccc1)NC(=O)[C@H](CCC(=O)O)NC(=O)[C@H](Cc1ccccc1)NC(=O)[C@H](Cc1ccc(O)cc1)NC(=O)C1CCC1C(=O)O. The average Bonchev–Trinajstić information content (AvgIpc) is 3.12. The summed E-state index contributed by atoms with van der Waals surface area (Å²) in [5.41, 5.74) is 1.92. The summed E-state index contributed by atoms with van der Waals surface area (Å²) in [7, 11) is 1.40. The number of phenolic OH excluding ortho intramolecular Hbond substituents is 1. The minimum Gasteiger partial charge on any atom is -0.508 e. The molecule has 54 heavy (non-hydrogen) atoms. The van der Waals surface area contributed by atoms with Crippen molar-refractivity contribution < 1.29 is 48.9 Å². The van der Waals surface area contributed by atoms with E-state index in [-0.39, 0.29) is 31.4 Å². The maximum atomic E-state index is 14.0. The molecular formula is C39H45N5O10. The Balaban J connectivity index is 1.58. The van der Waals surface area contributed by atoms with Gasteiger partial charge in [0, 0.05) is 32.7 Å². The maximum Gasteiger partial charge on any atom is 0.307 e. The molecule has 15 nitrogen and oxygen atoms in total. The fraction of sp³-hybridized carbons (Fsp3) is 0.359. The number of hydrogen-bond acceptors (Lipinski definition) is 8. The minimum absolute atomic E-state index is 0.0228. The fourth-order valence-electron chi connectivity index (χ4n) is 6.11. The van der Waals surface area contributed by atoms with Gasteiger partial charge in [-0.3, -0.25) is 33.6 Å². The number of nitrogens with one attached hydrogen (secondary N) is 5. The highest BCUT2D eigenvalue weighted by atomic mass is 16.4. The van der Waals surface area contributed by atoms with E-state index in [1.54, 1.807) is 72.8 Å². The number of rotatable bonds is 19. The summed E-state index contributed by atoms with van der Waals surface area (Å²) < 4.78 is 0. The lowest BCUT2D eigenvalue weighted by atomic mass is 9.73. The van der Waals surface area contributed by atoms with Gasteiger partial charge in [-0.2, -0.15) is 0 Å². The molecule has 2 unspecified atom stereocenters. The highest BCUT2D eigenvalue weighted by molar-refractivity contribution is 5.96. The minimum atomic E-state index is -1.43. The second kappa shape index (κ2) is 19.5. The van der Waals surface area contributed by atoms with Crippen LogP contribution in [0, 0.1) is 11.8 Å². The van der Waals surface area contributed by atoms with Crippen molar-refractivity contribution in [2.75, 3.05) is 7.05 Å². The Hall–Kier alpha value is -6.25. The molecule has 5 amide bonds. The average molecular weight is 744 g/mol. The van der Waals surface area contributed by atoms with E-state index in [2.05, 4.69) is 26.6 Å². The van der Waals surface area contributed by atoms with Gasteiger partial charge in [-0.1, -0.05) is 72.8 Å². The van der Waals surface area contributed by atoms with Gasteiger partial charge in [-0.05, 0) is 48.1 Å². The molecule has 1 aliphatic rings. The Morgan fingerprint density at radius 1 is 0.574 bits per heavy atom. The predicted octanol–water partition coefficient (Wildman–Crippen LogP) is 1.08. The van der Waals surface area contributed by atoms with Gasteiger partial charge >= 0.3 is 11.9 Å². The molecule has 0 heterocycles. The lowest BCUT2D eigenvalue weighted by Gasteiger charge is -2.33. The summed E-state index contributed by atoms with van der Waals surface area (Å²) in [6.45, 7) is 0. The molecule has 4 rings (SSSR count). The third-order valence-corrected chi connectivity index (χ3v) is 9.30. The highest BCUT2D eigenvalue weighted by Gasteiger charge is 2.42. The second-order valence-electron chi connectivity index (χ2n) is 13.2. The highest BCUT2D eigenvalue weighted by Crippen LogP contribution is 2.34. The second-order valence-corrected chi connectivity index (χ2v) is 13.2. The molecular weight excluding hydrogens is 698 g/mol. The maximum absolute atomic E-state index is 14.0. The molecule has 0 aliphatic heterocycles. The van der Waals surface area contributed by atoms with Crippen LogP contribution in [0.25, 0.3) is 0 Å². The van der Waals surface area contributed by atoms with E-state index in [4.69, 9.17) is 0 Å². The fourth-order valence-corrected chi connectivity index (χ4v) is 6.11. The zero-order valence-electron chi connectivity index (χ0n) is 29.7. The van der Waals surface area contributed by atoms with Crippen molar-refractivity contribution in [2.24, 2.45) is 11.8 Å². The molecule has 6 atom stereocenters. The van der Waals surface area contributed by atoms with E-state index in [1.807, 2.05) is 0 Å². The van der Waals surface area contributed by atoms with Crippen molar-refractivity contribution in [1.82, 2.24) is 26.6 Å². The summed E-state index contributed by atoms with van der Waals surface area (Å²) in [6, 6.07) is 18.4. The smallest absolute Gasteiger partial charge is 0.307 e. The number of hydrogen-bond donors (Lipinski definition) is 8. The van der Waals surface area contributed by atoms with Crippen LogP contribution in [-0.4, -0.2) is 88.0 Å². The summed E-state index contributed by atoms with van der Waals surface area (Å²) in [5.74, 6) is -7.71. The quantitative estimate of drug-likeness (QED) is 0.0869. The summed E-state index contributed by atoms with van der Waals surface area (Å²) in [5, 5.41) is 41.7. The van der Waals surface area contributed by atoms with Crippen LogP contribution in [0.5, 0.6) is 5.75 Å². The molecule has 0 aromatic heterocycles. The van der Waals surface area contributed by atoms with Crippen LogP contribution >= 0.6 is 0 Å². The molecule has 3 aromatic rings. The first-order valence-electron chi connectivity index (χ1n) is 17.6. The molecule has 0 saturated heterocycles. The first-order chi connectivity index (χ1) is 25.8. The molecule has 1 aliphatic carbocycles. The lowest BCUT2D eigenvalue weighted by Crippen LogP contribution is -2.59. The number of carboxylic acids is 2. The van der Waals surface area contributed by atoms with E-state index in [0.29, 0.717) is 24.0 Å². The molecule has 1 fully saturated rings. The number of carboxylic acid groups (broad SMARTS) is 2. The van der Waals surface area contributed by atoms with E-state index >= 15 is 0 Å². The van der Waals surface area contributed by atoms with Crippen LogP contribution in [0.3, 0.4) is 0 Å². The third kappa shape index (κ3) is 11.9. The first kappa shape index (κ1) is 40.5. The van der Waals surface area contributed by atoms with E-state index in [0.717, 1.165) is 5.56 Å². The van der Waals surface area contributed by atoms with Crippen molar-refractivity contribution in [3.63, 3.8) is 0 Å². The largest absolute Gasteiger partial charge is 0.508 e. The number of likely N-dealkylation sites (N-methyl/N-ethyl adjacent to an activating group) is 1. The number of carbonyl (C=O) groups is 7.